The summed E-state index contributed by atoms with van der Waals surface area (Å²) in [5, 5.41) is 8.84. The van der Waals surface area contributed by atoms with Crippen LogP contribution in [-0.4, -0.2) is 27.0 Å². The Bertz CT molecular complexity index is 1250. The molecule has 1 aliphatic rings. The summed E-state index contributed by atoms with van der Waals surface area (Å²) in [5.41, 5.74) is 1.30. The Labute approximate surface area is 194 Å². The van der Waals surface area contributed by atoms with Crippen molar-refractivity contribution in [2.45, 2.75) is 25.4 Å². The van der Waals surface area contributed by atoms with Gasteiger partial charge in [0.2, 0.25) is 11.8 Å². The minimum absolute atomic E-state index is 0.114. The molecule has 1 amide bonds. The Morgan fingerprint density at radius 1 is 0.970 bits per heavy atom. The summed E-state index contributed by atoms with van der Waals surface area (Å²) in [7, 11) is 0. The van der Waals surface area contributed by atoms with E-state index >= 15 is 0 Å². The van der Waals surface area contributed by atoms with Crippen LogP contribution in [-0.2, 0) is 6.54 Å². The number of carbonyl (C=O) groups is 1. The summed E-state index contributed by atoms with van der Waals surface area (Å²) >= 11 is 5.93. The van der Waals surface area contributed by atoms with Crippen molar-refractivity contribution in [2.24, 2.45) is 0 Å². The molecule has 0 atom stereocenters. The first kappa shape index (κ1) is 21.2. The average molecular weight is 464 g/mol. The van der Waals surface area contributed by atoms with Gasteiger partial charge < -0.3 is 14.1 Å². The van der Waals surface area contributed by atoms with Crippen molar-refractivity contribution in [3.05, 3.63) is 95.1 Å². The smallest absolute Gasteiger partial charge is 0.254 e. The molecule has 4 aromatic rings. The second-order valence-corrected chi connectivity index (χ2v) is 8.19. The van der Waals surface area contributed by atoms with E-state index in [0.29, 0.717) is 33.9 Å². The highest BCUT2D eigenvalue weighted by molar-refractivity contribution is 6.30. The van der Waals surface area contributed by atoms with Crippen LogP contribution < -0.4 is 4.74 Å². The van der Waals surface area contributed by atoms with Gasteiger partial charge in [0, 0.05) is 22.2 Å². The highest BCUT2D eigenvalue weighted by Gasteiger charge is 2.34. The highest BCUT2D eigenvalue weighted by atomic mass is 35.5. The van der Waals surface area contributed by atoms with Crippen LogP contribution in [0.4, 0.5) is 4.39 Å². The van der Waals surface area contributed by atoms with Crippen LogP contribution in [0.25, 0.3) is 11.5 Å². The van der Waals surface area contributed by atoms with E-state index in [1.807, 2.05) is 0 Å². The first-order valence-electron chi connectivity index (χ1n) is 10.5. The second-order valence-electron chi connectivity index (χ2n) is 7.75. The minimum atomic E-state index is -0.329. The van der Waals surface area contributed by atoms with Gasteiger partial charge in [-0.2, -0.15) is 0 Å². The molecular formula is C25H19ClFN3O3. The summed E-state index contributed by atoms with van der Waals surface area (Å²) < 4.78 is 24.5. The van der Waals surface area contributed by atoms with Crippen molar-refractivity contribution in [3.63, 3.8) is 0 Å². The van der Waals surface area contributed by atoms with Crippen molar-refractivity contribution in [1.29, 1.82) is 0 Å². The van der Waals surface area contributed by atoms with E-state index in [0.717, 1.165) is 18.4 Å². The summed E-state index contributed by atoms with van der Waals surface area (Å²) in [6.07, 6.45) is 1.88. The van der Waals surface area contributed by atoms with Crippen LogP contribution in [0.3, 0.4) is 0 Å². The van der Waals surface area contributed by atoms with Gasteiger partial charge in [-0.1, -0.05) is 11.6 Å². The maximum absolute atomic E-state index is 13.2. The van der Waals surface area contributed by atoms with E-state index < -0.39 is 0 Å². The molecule has 1 saturated carbocycles. The second kappa shape index (κ2) is 9.03. The number of aromatic nitrogens is 2. The summed E-state index contributed by atoms with van der Waals surface area (Å²) in [6, 6.07) is 19.9. The third-order valence-corrected chi connectivity index (χ3v) is 5.51. The molecule has 0 aliphatic heterocycles. The number of rotatable bonds is 7. The van der Waals surface area contributed by atoms with E-state index in [9.17, 15) is 9.18 Å². The Morgan fingerprint density at radius 3 is 2.24 bits per heavy atom. The molecule has 8 heteroatoms. The third kappa shape index (κ3) is 5.04. The Balaban J connectivity index is 1.28. The zero-order chi connectivity index (χ0) is 22.8. The SMILES string of the molecule is O=C(c1ccc(Oc2ccc(F)cc2)cc1)N(Cc1nnc(-c2ccc(Cl)cc2)o1)C1CC1. The molecule has 3 aromatic carbocycles. The lowest BCUT2D eigenvalue weighted by Gasteiger charge is -2.20. The van der Waals surface area contributed by atoms with Gasteiger partial charge in [0.05, 0.1) is 6.54 Å². The Hall–Kier alpha value is -3.71. The fourth-order valence-electron chi connectivity index (χ4n) is 3.40. The van der Waals surface area contributed by atoms with Gasteiger partial charge in [-0.25, -0.2) is 4.39 Å². The van der Waals surface area contributed by atoms with Crippen LogP contribution in [0.1, 0.15) is 29.1 Å². The van der Waals surface area contributed by atoms with Crippen molar-refractivity contribution in [2.75, 3.05) is 0 Å². The maximum atomic E-state index is 13.2. The number of ether oxygens (including phenoxy) is 1. The van der Waals surface area contributed by atoms with Crippen LogP contribution >= 0.6 is 11.6 Å². The molecule has 0 N–H and O–H groups in total. The largest absolute Gasteiger partial charge is 0.457 e. The molecule has 33 heavy (non-hydrogen) atoms. The number of halogens is 2. The molecule has 0 saturated heterocycles. The lowest BCUT2D eigenvalue weighted by atomic mass is 10.2. The fourth-order valence-corrected chi connectivity index (χ4v) is 3.52. The van der Waals surface area contributed by atoms with Crippen LogP contribution in [0.5, 0.6) is 11.5 Å². The predicted octanol–water partition coefficient (Wildman–Crippen LogP) is 6.13. The van der Waals surface area contributed by atoms with Gasteiger partial charge in [0.25, 0.3) is 5.91 Å². The molecule has 1 aliphatic carbocycles. The molecule has 1 heterocycles. The van der Waals surface area contributed by atoms with Gasteiger partial charge in [-0.05, 0) is 85.6 Å². The Morgan fingerprint density at radius 2 is 1.61 bits per heavy atom. The van der Waals surface area contributed by atoms with Crippen molar-refractivity contribution in [3.8, 4) is 23.0 Å². The van der Waals surface area contributed by atoms with Crippen molar-refractivity contribution >= 4 is 17.5 Å². The van der Waals surface area contributed by atoms with E-state index in [-0.39, 0.29) is 24.3 Å². The minimum Gasteiger partial charge on any atom is -0.457 e. The quantitative estimate of drug-likeness (QED) is 0.330. The first-order chi connectivity index (χ1) is 16.0. The predicted molar refractivity (Wildman–Crippen MR) is 121 cm³/mol. The van der Waals surface area contributed by atoms with Crippen molar-refractivity contribution < 1.29 is 18.3 Å². The monoisotopic (exact) mass is 463 g/mol. The number of hydrogen-bond acceptors (Lipinski definition) is 5. The first-order valence-corrected chi connectivity index (χ1v) is 10.9. The molecule has 166 valence electrons. The number of nitrogens with zero attached hydrogens (tertiary/aromatic N) is 3. The van der Waals surface area contributed by atoms with Crippen LogP contribution in [0.2, 0.25) is 5.02 Å². The van der Waals surface area contributed by atoms with E-state index in [1.165, 1.54) is 12.1 Å². The molecule has 0 bridgehead atoms. The van der Waals surface area contributed by atoms with Gasteiger partial charge in [0.1, 0.15) is 17.3 Å². The van der Waals surface area contributed by atoms with Gasteiger partial charge in [-0.15, -0.1) is 10.2 Å². The van der Waals surface area contributed by atoms with Gasteiger partial charge >= 0.3 is 0 Å². The molecule has 0 unspecified atom stereocenters. The number of benzene rings is 3. The van der Waals surface area contributed by atoms with Gasteiger partial charge in [-0.3, -0.25) is 4.79 Å². The molecule has 0 spiro atoms. The van der Waals surface area contributed by atoms with Crippen molar-refractivity contribution in [1.82, 2.24) is 15.1 Å². The third-order valence-electron chi connectivity index (χ3n) is 5.26. The molecule has 0 radical (unpaired) electrons. The maximum Gasteiger partial charge on any atom is 0.254 e. The fraction of sp³-hybridized carbons (Fsp3) is 0.160. The molecule has 6 nitrogen and oxygen atoms in total. The number of amides is 1. The van der Waals surface area contributed by atoms with E-state index in [1.54, 1.807) is 65.6 Å². The molecule has 1 aromatic heterocycles. The summed E-state index contributed by atoms with van der Waals surface area (Å²) in [5.74, 6) is 1.38. The lowest BCUT2D eigenvalue weighted by Crippen LogP contribution is -2.32. The zero-order valence-electron chi connectivity index (χ0n) is 17.4. The molecular weight excluding hydrogens is 445 g/mol. The zero-order valence-corrected chi connectivity index (χ0v) is 18.2. The van der Waals surface area contributed by atoms with E-state index in [4.69, 9.17) is 20.8 Å². The highest BCUT2D eigenvalue weighted by Crippen LogP contribution is 2.31. The average Bonchev–Trinajstić information content (AvgIpc) is 3.57. The Kier molecular flexibility index (Phi) is 5.79. The number of carbonyl (C=O) groups excluding carboxylic acids is 1. The summed E-state index contributed by atoms with van der Waals surface area (Å²) in [6.45, 7) is 0.234. The van der Waals surface area contributed by atoms with Gasteiger partial charge in [0.15, 0.2) is 0 Å². The normalized spacial score (nSPS) is 13.0. The van der Waals surface area contributed by atoms with E-state index in [2.05, 4.69) is 10.2 Å². The lowest BCUT2D eigenvalue weighted by molar-refractivity contribution is 0.0714. The van der Waals surface area contributed by atoms with Crippen LogP contribution in [0.15, 0.2) is 77.2 Å². The molecule has 5 rings (SSSR count). The number of hydrogen-bond donors (Lipinski definition) is 0. The van der Waals surface area contributed by atoms with Crippen LogP contribution in [0, 0.1) is 5.82 Å². The standard InChI is InChI=1S/C25H19ClFN3O3/c26-18-5-1-16(2-6-18)24-29-28-23(33-24)15-30(20-9-10-20)25(31)17-3-11-21(12-4-17)32-22-13-7-19(27)8-14-22/h1-8,11-14,20H,9-10,15H2. The molecule has 1 fully saturated rings. The topological polar surface area (TPSA) is 68.5 Å². The summed E-state index contributed by atoms with van der Waals surface area (Å²) in [4.78, 5) is 14.9.